The topological polar surface area (TPSA) is 256 Å². The van der Waals surface area contributed by atoms with E-state index < -0.39 is 95.7 Å². The maximum atomic E-state index is 14.9. The van der Waals surface area contributed by atoms with E-state index in [9.17, 15) is 54.9 Å². The number of hydrogen-bond acceptors (Lipinski definition) is 14. The number of carbonyl (C=O) groups excluding carboxylic acids is 2. The fraction of sp³-hybridized carbons (Fsp3) is 0.857. The number of aliphatic hydroxyl groups excluding tert-OH is 5. The molecule has 20 atom stereocenters. The largest absolute Gasteiger partial charge is 0.479 e. The van der Waals surface area contributed by atoms with E-state index in [0.717, 1.165) is 31.3 Å². The van der Waals surface area contributed by atoms with Crippen LogP contribution in [0.3, 0.4) is 0 Å². The molecule has 7 fully saturated rings. The fourth-order valence-electron chi connectivity index (χ4n) is 13.9. The van der Waals surface area contributed by atoms with Gasteiger partial charge in [-0.1, -0.05) is 47.1 Å². The summed E-state index contributed by atoms with van der Waals surface area (Å²) in [6.45, 7) is 15.1. The fourth-order valence-corrected chi connectivity index (χ4v) is 13.9. The first-order valence-corrected chi connectivity index (χ1v) is 20.8. The molecule has 4 saturated carbocycles. The number of ketones is 1. The lowest BCUT2D eigenvalue weighted by Crippen LogP contribution is -2.68. The van der Waals surface area contributed by atoms with E-state index in [1.54, 1.807) is 0 Å². The van der Waals surface area contributed by atoms with E-state index in [1.165, 1.54) is 0 Å². The van der Waals surface area contributed by atoms with E-state index in [1.807, 2.05) is 26.8 Å². The lowest BCUT2D eigenvalue weighted by atomic mass is 9.33. The van der Waals surface area contributed by atoms with Crippen LogP contribution in [0.1, 0.15) is 99.8 Å². The van der Waals surface area contributed by atoms with Crippen LogP contribution in [0.15, 0.2) is 11.6 Å². The Morgan fingerprint density at radius 2 is 1.33 bits per heavy atom. The second-order valence-electron chi connectivity index (χ2n) is 20.8. The first kappa shape index (κ1) is 42.2. The van der Waals surface area contributed by atoms with Crippen LogP contribution in [0.4, 0.5) is 0 Å². The van der Waals surface area contributed by atoms with Crippen molar-refractivity contribution < 1.29 is 78.6 Å². The Morgan fingerprint density at radius 1 is 0.707 bits per heavy atom. The van der Waals surface area contributed by atoms with Crippen molar-refractivity contribution in [3.05, 3.63) is 11.6 Å². The molecule has 0 amide bonds. The van der Waals surface area contributed by atoms with Gasteiger partial charge >= 0.3 is 17.9 Å². The van der Waals surface area contributed by atoms with Gasteiger partial charge in [0.1, 0.15) is 42.7 Å². The molecule has 0 aromatic carbocycles. The smallest absolute Gasteiger partial charge is 0.335 e. The summed E-state index contributed by atoms with van der Waals surface area (Å²) >= 11 is 0. The normalized spacial score (nSPS) is 54.6. The first-order valence-electron chi connectivity index (χ1n) is 20.8. The van der Waals surface area contributed by atoms with Gasteiger partial charge in [-0.2, -0.15) is 0 Å². The molecule has 0 unspecified atom stereocenters. The predicted octanol–water partition coefficient (Wildman–Crippen LogP) is 1.70. The van der Waals surface area contributed by atoms with Gasteiger partial charge in [-0.05, 0) is 91.4 Å². The maximum Gasteiger partial charge on any atom is 0.335 e. The zero-order valence-electron chi connectivity index (χ0n) is 34.2. The Kier molecular flexibility index (Phi) is 9.80. The Balaban J connectivity index is 1.08. The molecule has 3 heterocycles. The summed E-state index contributed by atoms with van der Waals surface area (Å²) in [5.41, 5.74) is -1.50. The van der Waals surface area contributed by atoms with Crippen LogP contribution < -0.4 is 0 Å². The number of esters is 1. The molecule has 324 valence electrons. The summed E-state index contributed by atoms with van der Waals surface area (Å²) in [6.07, 6.45) is -12.8. The van der Waals surface area contributed by atoms with Crippen LogP contribution in [0.2, 0.25) is 0 Å². The number of carbonyl (C=O) groups is 4. The van der Waals surface area contributed by atoms with Gasteiger partial charge in [-0.3, -0.25) is 9.59 Å². The number of rotatable bonds is 6. The highest BCUT2D eigenvalue weighted by Crippen LogP contribution is 2.76. The summed E-state index contributed by atoms with van der Waals surface area (Å²) < 4.78 is 29.4. The molecule has 16 nitrogen and oxygen atoms in total. The Morgan fingerprint density at radius 3 is 1.97 bits per heavy atom. The Labute approximate surface area is 337 Å². The average Bonchev–Trinajstić information content (AvgIpc) is 3.40. The third-order valence-electron chi connectivity index (χ3n) is 17.5. The zero-order chi connectivity index (χ0) is 42.4. The minimum Gasteiger partial charge on any atom is -0.479 e. The van der Waals surface area contributed by atoms with Crippen LogP contribution in [0.5, 0.6) is 0 Å². The molecule has 0 radical (unpaired) electrons. The minimum atomic E-state index is -2.04. The monoisotopic (exact) mass is 820 g/mol. The van der Waals surface area contributed by atoms with Crippen molar-refractivity contribution in [1.82, 2.24) is 0 Å². The summed E-state index contributed by atoms with van der Waals surface area (Å²) in [6, 6.07) is 0. The van der Waals surface area contributed by atoms with Crippen LogP contribution in [0, 0.1) is 50.2 Å². The van der Waals surface area contributed by atoms with Crippen molar-refractivity contribution in [1.29, 1.82) is 0 Å². The van der Waals surface area contributed by atoms with Gasteiger partial charge in [0.05, 0.1) is 11.5 Å². The minimum absolute atomic E-state index is 0.0481. The quantitative estimate of drug-likeness (QED) is 0.149. The molecule has 3 saturated heterocycles. The standard InChI is InChI=1S/C42H60O16/c1-37(2)20-8-11-42(7)31(19(43)14-17-18-15-38(3)16-22(55-36(38)53)39(18,4)12-13-41(17,42)6)40(20,5)10-9-21(37)54-35-30(26(47)25(46)29(57-35)33(51)52)58-34-27(48)23(44)24(45)28(56-34)32(49)50/h14,18,20-31,34-35,44-48H,8-13,15-16H2,1-7H3,(H,49,50)(H,51,52)/t18-,20-,21+,22+,23-,24-,25-,26-,27+,28-,29-,30+,31+,34-,35+,38+,39+,40-,41+,42+/m0/s1. The van der Waals surface area contributed by atoms with Crippen molar-refractivity contribution in [3.8, 4) is 0 Å². The molecule has 3 aliphatic heterocycles. The van der Waals surface area contributed by atoms with Crippen molar-refractivity contribution in [3.63, 3.8) is 0 Å². The highest BCUT2D eigenvalue weighted by Gasteiger charge is 2.72. The summed E-state index contributed by atoms with van der Waals surface area (Å²) in [4.78, 5) is 51.9. The molecule has 0 aromatic heterocycles. The molecule has 58 heavy (non-hydrogen) atoms. The number of ether oxygens (including phenoxy) is 5. The molecule has 2 bridgehead atoms. The van der Waals surface area contributed by atoms with Crippen molar-refractivity contribution >= 4 is 23.7 Å². The van der Waals surface area contributed by atoms with E-state index in [2.05, 4.69) is 27.7 Å². The predicted molar refractivity (Wildman–Crippen MR) is 197 cm³/mol. The van der Waals surface area contributed by atoms with Gasteiger partial charge < -0.3 is 59.4 Å². The molecule has 7 N–H and O–H groups in total. The van der Waals surface area contributed by atoms with Gasteiger partial charge in [0, 0.05) is 17.8 Å². The number of aliphatic hydroxyl groups is 5. The zero-order valence-corrected chi connectivity index (χ0v) is 34.2. The number of aliphatic carboxylic acids is 2. The third-order valence-corrected chi connectivity index (χ3v) is 17.5. The number of allylic oxidation sites excluding steroid dienone is 2. The lowest BCUT2D eigenvalue weighted by Gasteiger charge is -2.70. The Hall–Kier alpha value is -2.54. The number of carboxylic acid groups (broad SMARTS) is 2. The SMILES string of the molecule is CC1(C)[C@H](O[C@@H]2O[C@H](C(=O)O)[C@@H](O)[C@H](O)[C@H]2O[C@@H]2O[C@H](C(=O)O)[C@@H](O)[C@H](O)[C@H]2O)CC[C@]2(C)[C@H]3C(=O)C=C4[C@@H]5C[C@]6(C)C[C@@H](OC6=O)[C@]5(C)CC[C@@]4(C)[C@]3(C)CC[C@@H]12. The van der Waals surface area contributed by atoms with Crippen LogP contribution in [-0.4, -0.2) is 133 Å². The first-order chi connectivity index (χ1) is 26.9. The number of hydrogen-bond donors (Lipinski definition) is 7. The van der Waals surface area contributed by atoms with Crippen molar-refractivity contribution in [2.75, 3.05) is 0 Å². The van der Waals surface area contributed by atoms with Crippen molar-refractivity contribution in [2.45, 2.75) is 173 Å². The van der Waals surface area contributed by atoms with Gasteiger partial charge in [0.15, 0.2) is 30.6 Å². The van der Waals surface area contributed by atoms with E-state index in [4.69, 9.17) is 23.7 Å². The summed E-state index contributed by atoms with van der Waals surface area (Å²) in [7, 11) is 0. The third kappa shape index (κ3) is 5.64. The second kappa shape index (κ2) is 13.5. The molecule has 5 aliphatic carbocycles. The molecular weight excluding hydrogens is 760 g/mol. The summed E-state index contributed by atoms with van der Waals surface area (Å²) in [5, 5.41) is 72.8. The molecular formula is C42H60O16. The molecule has 16 heteroatoms. The number of fused-ring (bicyclic) bond motifs is 10. The van der Waals surface area contributed by atoms with Gasteiger partial charge in [0.2, 0.25) is 0 Å². The summed E-state index contributed by atoms with van der Waals surface area (Å²) in [5.74, 6) is -3.64. The molecule has 8 rings (SSSR count). The highest BCUT2D eigenvalue weighted by molar-refractivity contribution is 5.96. The lowest BCUT2D eigenvalue weighted by molar-refractivity contribution is -0.371. The molecule has 0 spiro atoms. The Bertz CT molecular complexity index is 1780. The molecule has 0 aromatic rings. The number of carboxylic acids is 2. The highest BCUT2D eigenvalue weighted by atomic mass is 16.8. The van der Waals surface area contributed by atoms with Crippen LogP contribution in [-0.2, 0) is 42.9 Å². The van der Waals surface area contributed by atoms with E-state index >= 15 is 0 Å². The average molecular weight is 821 g/mol. The second-order valence-corrected chi connectivity index (χ2v) is 20.8. The van der Waals surface area contributed by atoms with Crippen LogP contribution >= 0.6 is 0 Å². The van der Waals surface area contributed by atoms with Gasteiger partial charge in [-0.15, -0.1) is 0 Å². The maximum absolute atomic E-state index is 14.9. The molecule has 8 aliphatic rings. The van der Waals surface area contributed by atoms with E-state index in [-0.39, 0.29) is 51.9 Å². The van der Waals surface area contributed by atoms with Crippen LogP contribution in [0.25, 0.3) is 0 Å². The van der Waals surface area contributed by atoms with Gasteiger partial charge in [0.25, 0.3) is 0 Å². The van der Waals surface area contributed by atoms with E-state index in [0.29, 0.717) is 25.7 Å². The van der Waals surface area contributed by atoms with Crippen molar-refractivity contribution in [2.24, 2.45) is 50.2 Å². The van der Waals surface area contributed by atoms with Gasteiger partial charge in [-0.25, -0.2) is 9.59 Å².